The van der Waals surface area contributed by atoms with Crippen LogP contribution in [0.3, 0.4) is 0 Å². The van der Waals surface area contributed by atoms with Crippen LogP contribution in [0, 0.1) is 17.6 Å². The van der Waals surface area contributed by atoms with E-state index < -0.39 is 17.6 Å². The highest BCUT2D eigenvalue weighted by atomic mass is 19.2. The number of nitrogens with zero attached hydrogens (tertiary/aromatic N) is 3. The third-order valence-electron chi connectivity index (χ3n) is 3.20. The lowest BCUT2D eigenvalue weighted by Crippen LogP contribution is -2.45. The van der Waals surface area contributed by atoms with Crippen LogP contribution in [0.5, 0.6) is 0 Å². The minimum absolute atomic E-state index is 0.243. The van der Waals surface area contributed by atoms with Gasteiger partial charge in [-0.1, -0.05) is 0 Å². The Labute approximate surface area is 110 Å². The molecule has 1 aliphatic rings. The van der Waals surface area contributed by atoms with Gasteiger partial charge in [-0.3, -0.25) is 4.90 Å². The van der Waals surface area contributed by atoms with Gasteiger partial charge in [0.05, 0.1) is 0 Å². The standard InChI is InChI=1S/C12H17F3N4/c1-18-4-6-19(7-5-18)3-2-16-12-10(14)8-9(13)11(15)17-12/h8H,2-7H2,1H3,(H,16,17). The molecule has 19 heavy (non-hydrogen) atoms. The summed E-state index contributed by atoms with van der Waals surface area (Å²) in [5, 5.41) is 2.69. The first kappa shape index (κ1) is 14.1. The number of halogens is 3. The number of likely N-dealkylation sites (N-methyl/N-ethyl adjacent to an activating group) is 1. The third kappa shape index (κ3) is 3.81. The van der Waals surface area contributed by atoms with Crippen LogP contribution in [0.4, 0.5) is 19.0 Å². The summed E-state index contributed by atoms with van der Waals surface area (Å²) in [7, 11) is 2.07. The summed E-state index contributed by atoms with van der Waals surface area (Å²) in [4.78, 5) is 7.68. The number of hydrogen-bond acceptors (Lipinski definition) is 4. The van der Waals surface area contributed by atoms with Gasteiger partial charge >= 0.3 is 0 Å². The molecule has 0 radical (unpaired) electrons. The SMILES string of the molecule is CN1CCN(CCNc2nc(F)c(F)cc2F)CC1. The summed E-state index contributed by atoms with van der Waals surface area (Å²) < 4.78 is 38.9. The molecule has 1 N–H and O–H groups in total. The van der Waals surface area contributed by atoms with Crippen molar-refractivity contribution in [2.75, 3.05) is 51.6 Å². The van der Waals surface area contributed by atoms with Gasteiger partial charge in [-0.15, -0.1) is 0 Å². The first-order valence-corrected chi connectivity index (χ1v) is 6.22. The number of hydrogen-bond donors (Lipinski definition) is 1. The van der Waals surface area contributed by atoms with Crippen LogP contribution in [0.25, 0.3) is 0 Å². The van der Waals surface area contributed by atoms with Gasteiger partial charge < -0.3 is 10.2 Å². The van der Waals surface area contributed by atoms with Crippen molar-refractivity contribution < 1.29 is 13.2 Å². The summed E-state index contributed by atoms with van der Waals surface area (Å²) in [5.74, 6) is -3.68. The van der Waals surface area contributed by atoms with E-state index in [1.165, 1.54) is 0 Å². The minimum atomic E-state index is -1.29. The van der Waals surface area contributed by atoms with Crippen molar-refractivity contribution in [1.29, 1.82) is 0 Å². The normalized spacial score (nSPS) is 17.7. The molecule has 0 aromatic carbocycles. The Morgan fingerprint density at radius 3 is 2.53 bits per heavy atom. The van der Waals surface area contributed by atoms with E-state index in [9.17, 15) is 13.2 Å². The van der Waals surface area contributed by atoms with E-state index in [1.807, 2.05) is 0 Å². The van der Waals surface area contributed by atoms with Crippen LogP contribution in [0.2, 0.25) is 0 Å². The average Bonchev–Trinajstić information content (AvgIpc) is 2.38. The van der Waals surface area contributed by atoms with Crippen LogP contribution in [0.15, 0.2) is 6.07 Å². The number of piperazine rings is 1. The van der Waals surface area contributed by atoms with E-state index >= 15 is 0 Å². The maximum Gasteiger partial charge on any atom is 0.251 e. The van der Waals surface area contributed by atoms with Gasteiger partial charge in [0.2, 0.25) is 0 Å². The summed E-state index contributed by atoms with van der Waals surface area (Å²) >= 11 is 0. The Morgan fingerprint density at radius 2 is 1.84 bits per heavy atom. The summed E-state index contributed by atoms with van der Waals surface area (Å²) in [5.41, 5.74) is 0. The first-order chi connectivity index (χ1) is 9.06. The second kappa shape index (κ2) is 6.21. The zero-order valence-electron chi connectivity index (χ0n) is 10.8. The van der Waals surface area contributed by atoms with E-state index in [1.54, 1.807) is 0 Å². The van der Waals surface area contributed by atoms with Crippen molar-refractivity contribution in [3.05, 3.63) is 23.6 Å². The van der Waals surface area contributed by atoms with Gasteiger partial charge in [0.1, 0.15) is 0 Å². The Kier molecular flexibility index (Phi) is 4.60. The highest BCUT2D eigenvalue weighted by Gasteiger charge is 2.14. The van der Waals surface area contributed by atoms with Crippen molar-refractivity contribution in [2.45, 2.75) is 0 Å². The van der Waals surface area contributed by atoms with Crippen molar-refractivity contribution >= 4 is 5.82 Å². The van der Waals surface area contributed by atoms with E-state index in [-0.39, 0.29) is 5.82 Å². The molecule has 1 aromatic heterocycles. The lowest BCUT2D eigenvalue weighted by molar-refractivity contribution is 0.158. The van der Waals surface area contributed by atoms with Crippen molar-refractivity contribution in [2.24, 2.45) is 0 Å². The number of nitrogens with one attached hydrogen (secondary N) is 1. The molecular formula is C12H17F3N4. The molecule has 2 rings (SSSR count). The van der Waals surface area contributed by atoms with Gasteiger partial charge in [0.25, 0.3) is 5.95 Å². The molecule has 0 aliphatic carbocycles. The largest absolute Gasteiger partial charge is 0.366 e. The van der Waals surface area contributed by atoms with Crippen LogP contribution in [-0.4, -0.2) is 61.1 Å². The molecule has 1 saturated heterocycles. The van der Waals surface area contributed by atoms with E-state index in [0.717, 1.165) is 26.2 Å². The number of rotatable bonds is 4. The number of aromatic nitrogens is 1. The average molecular weight is 274 g/mol. The predicted octanol–water partition coefficient (Wildman–Crippen LogP) is 1.16. The number of anilines is 1. The topological polar surface area (TPSA) is 31.4 Å². The highest BCUT2D eigenvalue weighted by Crippen LogP contribution is 2.13. The van der Waals surface area contributed by atoms with Crippen molar-refractivity contribution in [3.63, 3.8) is 0 Å². The Hall–Kier alpha value is -1.34. The fourth-order valence-corrected chi connectivity index (χ4v) is 1.97. The summed E-state index contributed by atoms with van der Waals surface area (Å²) in [6, 6.07) is 0.501. The van der Waals surface area contributed by atoms with Crippen LogP contribution >= 0.6 is 0 Å². The Bertz CT molecular complexity index is 433. The van der Waals surface area contributed by atoms with Crippen LogP contribution in [0.1, 0.15) is 0 Å². The van der Waals surface area contributed by atoms with E-state index in [2.05, 4.69) is 27.1 Å². The highest BCUT2D eigenvalue weighted by molar-refractivity contribution is 5.36. The first-order valence-electron chi connectivity index (χ1n) is 6.22. The smallest absolute Gasteiger partial charge is 0.251 e. The summed E-state index contributed by atoms with van der Waals surface area (Å²) in [6.07, 6.45) is 0. The van der Waals surface area contributed by atoms with Crippen molar-refractivity contribution in [3.8, 4) is 0 Å². The zero-order valence-corrected chi connectivity index (χ0v) is 10.8. The third-order valence-corrected chi connectivity index (χ3v) is 3.20. The van der Waals surface area contributed by atoms with Crippen LogP contribution < -0.4 is 5.32 Å². The van der Waals surface area contributed by atoms with Gasteiger partial charge in [0, 0.05) is 45.3 Å². The zero-order chi connectivity index (χ0) is 13.8. The lowest BCUT2D eigenvalue weighted by Gasteiger charge is -2.32. The molecule has 0 amide bonds. The molecule has 0 spiro atoms. The van der Waals surface area contributed by atoms with Crippen LogP contribution in [-0.2, 0) is 0 Å². The quantitative estimate of drug-likeness (QED) is 0.835. The van der Waals surface area contributed by atoms with Gasteiger partial charge in [-0.2, -0.15) is 9.37 Å². The monoisotopic (exact) mass is 274 g/mol. The molecule has 7 heteroatoms. The van der Waals surface area contributed by atoms with Crippen molar-refractivity contribution in [1.82, 2.24) is 14.8 Å². The van der Waals surface area contributed by atoms with E-state index in [4.69, 9.17) is 0 Å². The van der Waals surface area contributed by atoms with Gasteiger partial charge in [-0.05, 0) is 7.05 Å². The molecule has 1 aliphatic heterocycles. The second-order valence-corrected chi connectivity index (χ2v) is 4.66. The Morgan fingerprint density at radius 1 is 1.16 bits per heavy atom. The lowest BCUT2D eigenvalue weighted by atomic mass is 10.3. The molecule has 1 aromatic rings. The predicted molar refractivity (Wildman–Crippen MR) is 66.5 cm³/mol. The summed E-state index contributed by atoms with van der Waals surface area (Å²) in [6.45, 7) is 5.06. The van der Waals surface area contributed by atoms with Gasteiger partial charge in [-0.25, -0.2) is 8.78 Å². The molecule has 2 heterocycles. The Balaban J connectivity index is 1.81. The van der Waals surface area contributed by atoms with E-state index in [0.29, 0.717) is 19.2 Å². The number of pyridine rings is 1. The molecule has 0 saturated carbocycles. The molecule has 0 atom stereocenters. The maximum atomic E-state index is 13.3. The minimum Gasteiger partial charge on any atom is -0.366 e. The second-order valence-electron chi connectivity index (χ2n) is 4.66. The molecule has 0 unspecified atom stereocenters. The molecule has 0 bridgehead atoms. The maximum absolute atomic E-state index is 13.3. The fourth-order valence-electron chi connectivity index (χ4n) is 1.97. The fraction of sp³-hybridized carbons (Fsp3) is 0.583. The molecular weight excluding hydrogens is 257 g/mol. The molecule has 106 valence electrons. The molecule has 1 fully saturated rings. The van der Waals surface area contributed by atoms with Gasteiger partial charge in [0.15, 0.2) is 17.5 Å². The molecule has 4 nitrogen and oxygen atoms in total.